The molecule has 1 amide bonds. The second-order valence-corrected chi connectivity index (χ2v) is 7.70. The third kappa shape index (κ3) is 3.23. The number of nitrogens with zero attached hydrogens (tertiary/aromatic N) is 1. The van der Waals surface area contributed by atoms with E-state index in [0.29, 0.717) is 31.7 Å². The van der Waals surface area contributed by atoms with Crippen molar-refractivity contribution < 1.29 is 24.1 Å². The Morgan fingerprint density at radius 1 is 0.929 bits per heavy atom. The van der Waals surface area contributed by atoms with Gasteiger partial charge in [0.05, 0.1) is 19.2 Å². The molecule has 6 heteroatoms. The van der Waals surface area contributed by atoms with Crippen LogP contribution in [-0.4, -0.2) is 41.9 Å². The molecule has 1 saturated carbocycles. The average Bonchev–Trinajstić information content (AvgIpc) is 3.19. The van der Waals surface area contributed by atoms with Gasteiger partial charge in [0.25, 0.3) is 0 Å². The van der Waals surface area contributed by atoms with E-state index < -0.39 is 0 Å². The van der Waals surface area contributed by atoms with Crippen molar-refractivity contribution in [2.24, 2.45) is 5.92 Å². The maximum Gasteiger partial charge on any atom is 0.231 e. The first-order valence-electron chi connectivity index (χ1n) is 9.74. The summed E-state index contributed by atoms with van der Waals surface area (Å²) in [5, 5.41) is 9.59. The largest absolute Gasteiger partial charge is 0.454 e. The van der Waals surface area contributed by atoms with Crippen LogP contribution in [0.25, 0.3) is 0 Å². The summed E-state index contributed by atoms with van der Waals surface area (Å²) < 4.78 is 17.3. The average molecular weight is 381 g/mol. The molecule has 3 aliphatic rings. The summed E-state index contributed by atoms with van der Waals surface area (Å²) in [5.41, 5.74) is 2.02. The first-order chi connectivity index (χ1) is 13.7. The Labute approximate surface area is 163 Å². The number of hydrogen-bond acceptors (Lipinski definition) is 5. The Balaban J connectivity index is 1.42. The number of carbonyl (C=O) groups is 1. The number of carbonyl (C=O) groups excluding carboxylic acids is 1. The fourth-order valence-electron chi connectivity index (χ4n) is 4.14. The molecule has 0 bridgehead atoms. The van der Waals surface area contributed by atoms with Gasteiger partial charge in [-0.3, -0.25) is 4.79 Å². The lowest BCUT2D eigenvalue weighted by atomic mass is 9.81. The molecule has 2 atom stereocenters. The standard InChI is InChI=1S/C22H23NO5/c24-17-8-16(9-17)22(25)23-11-20(14-4-2-1-3-5-14)28-21(12-23)15-6-7-18-19(10-15)27-13-26-18/h1-7,10,16-17,20-21,24H,8-9,11-13H2/t16?,17?,20-,21+/m0/s1. The topological polar surface area (TPSA) is 68.2 Å². The van der Waals surface area contributed by atoms with Crippen molar-refractivity contribution in [3.63, 3.8) is 0 Å². The first kappa shape index (κ1) is 17.5. The van der Waals surface area contributed by atoms with Gasteiger partial charge in [0.1, 0.15) is 12.2 Å². The number of aliphatic hydroxyl groups excluding tert-OH is 1. The van der Waals surface area contributed by atoms with E-state index in [4.69, 9.17) is 14.2 Å². The third-order valence-electron chi connectivity index (χ3n) is 5.81. The predicted octanol–water partition coefficient (Wildman–Crippen LogP) is 2.83. The molecule has 1 aliphatic carbocycles. The lowest BCUT2D eigenvalue weighted by molar-refractivity contribution is -0.157. The molecule has 2 aromatic carbocycles. The van der Waals surface area contributed by atoms with Gasteiger partial charge in [0.15, 0.2) is 11.5 Å². The van der Waals surface area contributed by atoms with Gasteiger partial charge in [-0.1, -0.05) is 36.4 Å². The van der Waals surface area contributed by atoms with Gasteiger partial charge in [-0.05, 0) is 36.1 Å². The van der Waals surface area contributed by atoms with Crippen LogP contribution < -0.4 is 9.47 Å². The highest BCUT2D eigenvalue weighted by atomic mass is 16.7. The van der Waals surface area contributed by atoms with Crippen LogP contribution in [-0.2, 0) is 9.53 Å². The van der Waals surface area contributed by atoms with E-state index in [2.05, 4.69) is 0 Å². The fraction of sp³-hybridized carbons (Fsp3) is 0.409. The van der Waals surface area contributed by atoms with E-state index >= 15 is 0 Å². The summed E-state index contributed by atoms with van der Waals surface area (Å²) in [4.78, 5) is 14.9. The van der Waals surface area contributed by atoms with Crippen molar-refractivity contribution in [2.45, 2.75) is 31.2 Å². The third-order valence-corrected chi connectivity index (χ3v) is 5.81. The quantitative estimate of drug-likeness (QED) is 0.886. The highest BCUT2D eigenvalue weighted by molar-refractivity contribution is 5.80. The van der Waals surface area contributed by atoms with Crippen LogP contribution in [0.2, 0.25) is 0 Å². The van der Waals surface area contributed by atoms with Crippen molar-refractivity contribution in [1.29, 1.82) is 0 Å². The van der Waals surface area contributed by atoms with Gasteiger partial charge in [0.2, 0.25) is 12.7 Å². The van der Waals surface area contributed by atoms with Crippen LogP contribution in [0.3, 0.4) is 0 Å². The van der Waals surface area contributed by atoms with Crippen LogP contribution in [0.4, 0.5) is 0 Å². The molecular weight excluding hydrogens is 358 g/mol. The van der Waals surface area contributed by atoms with Crippen LogP contribution in [0.1, 0.15) is 36.2 Å². The summed E-state index contributed by atoms with van der Waals surface area (Å²) in [6.07, 6.45) is 0.327. The molecular formula is C22H23NO5. The number of amides is 1. The minimum absolute atomic E-state index is 0.0815. The summed E-state index contributed by atoms with van der Waals surface area (Å²) in [7, 11) is 0. The zero-order valence-corrected chi connectivity index (χ0v) is 15.5. The van der Waals surface area contributed by atoms with Crippen LogP contribution in [0.5, 0.6) is 11.5 Å². The number of hydrogen-bond donors (Lipinski definition) is 1. The Morgan fingerprint density at radius 2 is 1.64 bits per heavy atom. The second-order valence-electron chi connectivity index (χ2n) is 7.70. The predicted molar refractivity (Wildman–Crippen MR) is 101 cm³/mol. The molecule has 0 unspecified atom stereocenters. The minimum Gasteiger partial charge on any atom is -0.454 e. The molecule has 2 aliphatic heterocycles. The van der Waals surface area contributed by atoms with Crippen molar-refractivity contribution in [2.75, 3.05) is 19.9 Å². The monoisotopic (exact) mass is 381 g/mol. The van der Waals surface area contributed by atoms with Gasteiger partial charge in [-0.25, -0.2) is 0 Å². The smallest absolute Gasteiger partial charge is 0.231 e. The number of fused-ring (bicyclic) bond motifs is 1. The number of rotatable bonds is 3. The molecule has 5 rings (SSSR count). The van der Waals surface area contributed by atoms with Crippen LogP contribution in [0, 0.1) is 5.92 Å². The van der Waals surface area contributed by atoms with E-state index in [1.54, 1.807) is 0 Å². The van der Waals surface area contributed by atoms with Crippen LogP contribution >= 0.6 is 0 Å². The Bertz CT molecular complexity index is 864. The Hall–Kier alpha value is -2.57. The zero-order valence-electron chi connectivity index (χ0n) is 15.5. The molecule has 1 N–H and O–H groups in total. The number of ether oxygens (including phenoxy) is 3. The van der Waals surface area contributed by atoms with Gasteiger partial charge in [-0.15, -0.1) is 0 Å². The summed E-state index contributed by atoms with van der Waals surface area (Å²) in [5.74, 6) is 1.47. The number of aliphatic hydroxyl groups is 1. The molecule has 2 heterocycles. The fourth-order valence-corrected chi connectivity index (χ4v) is 4.14. The summed E-state index contributed by atoms with van der Waals surface area (Å²) in [6.45, 7) is 1.25. The molecule has 1 saturated heterocycles. The molecule has 0 aromatic heterocycles. The maximum absolute atomic E-state index is 13.0. The van der Waals surface area contributed by atoms with Crippen molar-refractivity contribution in [3.8, 4) is 11.5 Å². The van der Waals surface area contributed by atoms with Gasteiger partial charge < -0.3 is 24.2 Å². The normalized spacial score (nSPS) is 28.7. The van der Waals surface area contributed by atoms with Crippen molar-refractivity contribution in [3.05, 3.63) is 59.7 Å². The first-order valence-corrected chi connectivity index (χ1v) is 9.74. The molecule has 0 radical (unpaired) electrons. The number of morpholine rings is 1. The van der Waals surface area contributed by atoms with E-state index in [9.17, 15) is 9.90 Å². The van der Waals surface area contributed by atoms with Crippen molar-refractivity contribution >= 4 is 5.91 Å². The molecule has 0 spiro atoms. The van der Waals surface area contributed by atoms with Crippen LogP contribution in [0.15, 0.2) is 48.5 Å². The second kappa shape index (κ2) is 7.11. The zero-order chi connectivity index (χ0) is 19.1. The van der Waals surface area contributed by atoms with Gasteiger partial charge >= 0.3 is 0 Å². The van der Waals surface area contributed by atoms with Gasteiger partial charge in [-0.2, -0.15) is 0 Å². The number of benzene rings is 2. The van der Waals surface area contributed by atoms with E-state index in [1.165, 1.54) is 0 Å². The lowest BCUT2D eigenvalue weighted by Gasteiger charge is -2.42. The highest BCUT2D eigenvalue weighted by Gasteiger charge is 2.40. The minimum atomic E-state index is -0.343. The summed E-state index contributed by atoms with van der Waals surface area (Å²) >= 11 is 0. The summed E-state index contributed by atoms with van der Waals surface area (Å²) in [6, 6.07) is 15.8. The lowest BCUT2D eigenvalue weighted by Crippen LogP contribution is -2.49. The SMILES string of the molecule is O=C(C1CC(O)C1)N1C[C@@H](c2ccccc2)O[C@@H](c2ccc3c(c2)OCO3)C1. The van der Waals surface area contributed by atoms with E-state index in [-0.39, 0.29) is 36.9 Å². The Morgan fingerprint density at radius 3 is 2.39 bits per heavy atom. The molecule has 146 valence electrons. The molecule has 2 aromatic rings. The van der Waals surface area contributed by atoms with Crippen molar-refractivity contribution in [1.82, 2.24) is 4.90 Å². The van der Waals surface area contributed by atoms with E-state index in [1.807, 2.05) is 53.4 Å². The molecule has 6 nitrogen and oxygen atoms in total. The Kier molecular flexibility index (Phi) is 4.45. The maximum atomic E-state index is 13.0. The molecule has 28 heavy (non-hydrogen) atoms. The molecule has 2 fully saturated rings. The van der Waals surface area contributed by atoms with E-state index in [0.717, 1.165) is 16.9 Å². The van der Waals surface area contributed by atoms with Gasteiger partial charge in [0, 0.05) is 5.92 Å². The highest BCUT2D eigenvalue weighted by Crippen LogP contribution is 2.39.